The first-order valence-corrected chi connectivity index (χ1v) is 5.65. The predicted molar refractivity (Wildman–Crippen MR) is 62.5 cm³/mol. The van der Waals surface area contributed by atoms with Crippen LogP contribution in [0.5, 0.6) is 0 Å². The van der Waals surface area contributed by atoms with Crippen LogP contribution in [-0.4, -0.2) is 37.1 Å². The van der Waals surface area contributed by atoms with Gasteiger partial charge in [0, 0.05) is 25.8 Å². The van der Waals surface area contributed by atoms with E-state index < -0.39 is 0 Å². The average Bonchev–Trinajstić information content (AvgIpc) is 2.27. The fraction of sp³-hybridized carbons (Fsp3) is 0.462. The van der Waals surface area contributed by atoms with Crippen LogP contribution in [0.4, 0.5) is 0 Å². The summed E-state index contributed by atoms with van der Waals surface area (Å²) < 4.78 is 5.15. The number of methoxy groups -OCH3 is 1. The van der Waals surface area contributed by atoms with Gasteiger partial charge in [0.25, 0.3) is 5.91 Å². The minimum Gasteiger partial charge on any atom is -0.378 e. The van der Waals surface area contributed by atoms with Gasteiger partial charge in [0.1, 0.15) is 0 Å². The Morgan fingerprint density at radius 2 is 2.25 bits per heavy atom. The monoisotopic (exact) mass is 219 g/mol. The van der Waals surface area contributed by atoms with Crippen molar-refractivity contribution in [1.29, 1.82) is 0 Å². The number of likely N-dealkylation sites (tertiary alicyclic amines) is 1. The number of carbonyl (C=O) groups excluding carboxylic acids is 1. The molecule has 1 saturated heterocycles. The fourth-order valence-corrected chi connectivity index (χ4v) is 1.86. The number of rotatable bonds is 3. The van der Waals surface area contributed by atoms with Crippen molar-refractivity contribution in [2.45, 2.75) is 19.4 Å². The van der Waals surface area contributed by atoms with Gasteiger partial charge in [-0.2, -0.15) is 0 Å². The Kier molecular flexibility index (Phi) is 3.25. The summed E-state index contributed by atoms with van der Waals surface area (Å²) >= 11 is 0. The molecule has 0 unspecified atom stereocenters. The van der Waals surface area contributed by atoms with Crippen LogP contribution in [0.3, 0.4) is 0 Å². The van der Waals surface area contributed by atoms with Crippen molar-refractivity contribution in [3.8, 4) is 0 Å². The second kappa shape index (κ2) is 4.66. The Hall–Kier alpha value is -1.35. The number of aryl methyl sites for hydroxylation is 1. The van der Waals surface area contributed by atoms with Crippen LogP contribution in [0.15, 0.2) is 24.3 Å². The Balaban J connectivity index is 2.04. The molecule has 0 aromatic heterocycles. The minimum atomic E-state index is 0.114. The second-order valence-electron chi connectivity index (χ2n) is 4.12. The first-order valence-electron chi connectivity index (χ1n) is 5.65. The van der Waals surface area contributed by atoms with Crippen molar-refractivity contribution in [2.24, 2.45) is 0 Å². The summed E-state index contributed by atoms with van der Waals surface area (Å²) in [6.45, 7) is 3.52. The molecule has 0 atom stereocenters. The average molecular weight is 219 g/mol. The van der Waals surface area contributed by atoms with E-state index >= 15 is 0 Å². The smallest absolute Gasteiger partial charge is 0.254 e. The van der Waals surface area contributed by atoms with Gasteiger partial charge in [0.15, 0.2) is 0 Å². The van der Waals surface area contributed by atoms with E-state index in [0.717, 1.165) is 12.0 Å². The molecule has 3 nitrogen and oxygen atoms in total. The molecular weight excluding hydrogens is 202 g/mol. The molecule has 1 heterocycles. The van der Waals surface area contributed by atoms with Crippen molar-refractivity contribution in [3.63, 3.8) is 0 Å². The topological polar surface area (TPSA) is 29.5 Å². The van der Waals surface area contributed by atoms with Crippen LogP contribution in [0.2, 0.25) is 0 Å². The van der Waals surface area contributed by atoms with Gasteiger partial charge in [-0.3, -0.25) is 4.79 Å². The third-order valence-corrected chi connectivity index (χ3v) is 3.05. The fourth-order valence-electron chi connectivity index (χ4n) is 1.86. The molecule has 1 aromatic carbocycles. The van der Waals surface area contributed by atoms with E-state index in [9.17, 15) is 4.79 Å². The summed E-state index contributed by atoms with van der Waals surface area (Å²) in [6, 6.07) is 7.84. The molecule has 1 aliphatic heterocycles. The van der Waals surface area contributed by atoms with Crippen LogP contribution in [0, 0.1) is 0 Å². The van der Waals surface area contributed by atoms with Crippen molar-refractivity contribution in [1.82, 2.24) is 4.90 Å². The molecule has 1 fully saturated rings. The summed E-state index contributed by atoms with van der Waals surface area (Å²) in [5.41, 5.74) is 1.99. The van der Waals surface area contributed by atoms with Gasteiger partial charge >= 0.3 is 0 Å². The van der Waals surface area contributed by atoms with Gasteiger partial charge in [0.2, 0.25) is 0 Å². The minimum absolute atomic E-state index is 0.114. The van der Waals surface area contributed by atoms with Gasteiger partial charge in [-0.1, -0.05) is 19.1 Å². The molecule has 0 radical (unpaired) electrons. The quantitative estimate of drug-likeness (QED) is 0.774. The molecule has 0 saturated carbocycles. The molecule has 0 spiro atoms. The summed E-state index contributed by atoms with van der Waals surface area (Å²) in [7, 11) is 1.68. The molecule has 0 N–H and O–H groups in total. The van der Waals surface area contributed by atoms with Crippen molar-refractivity contribution in [3.05, 3.63) is 35.4 Å². The Bertz CT molecular complexity index is 383. The largest absolute Gasteiger partial charge is 0.378 e. The van der Waals surface area contributed by atoms with Crippen LogP contribution in [0.25, 0.3) is 0 Å². The Morgan fingerprint density at radius 1 is 1.50 bits per heavy atom. The van der Waals surface area contributed by atoms with Gasteiger partial charge in [-0.15, -0.1) is 0 Å². The van der Waals surface area contributed by atoms with E-state index in [4.69, 9.17) is 4.74 Å². The highest BCUT2D eigenvalue weighted by molar-refractivity contribution is 5.95. The zero-order chi connectivity index (χ0) is 11.5. The molecule has 1 aliphatic rings. The maximum absolute atomic E-state index is 12.0. The number of hydrogen-bond acceptors (Lipinski definition) is 2. The van der Waals surface area contributed by atoms with Gasteiger partial charge in [0.05, 0.1) is 6.10 Å². The normalized spacial score (nSPS) is 16.0. The molecular formula is C13H17NO2. The van der Waals surface area contributed by atoms with E-state index in [0.29, 0.717) is 13.1 Å². The third kappa shape index (κ3) is 2.09. The maximum Gasteiger partial charge on any atom is 0.254 e. The van der Waals surface area contributed by atoms with E-state index in [2.05, 4.69) is 6.92 Å². The van der Waals surface area contributed by atoms with E-state index in [1.54, 1.807) is 7.11 Å². The standard InChI is InChI=1S/C13H17NO2/c1-3-10-5-4-6-11(7-10)13(15)14-8-12(9-14)16-2/h4-7,12H,3,8-9H2,1-2H3. The van der Waals surface area contributed by atoms with Crippen LogP contribution >= 0.6 is 0 Å². The number of hydrogen-bond donors (Lipinski definition) is 0. The molecule has 1 aromatic rings. The first kappa shape index (κ1) is 11.1. The van der Waals surface area contributed by atoms with Crippen molar-refractivity contribution < 1.29 is 9.53 Å². The summed E-state index contributed by atoms with van der Waals surface area (Å²) in [5.74, 6) is 0.114. The third-order valence-electron chi connectivity index (χ3n) is 3.05. The van der Waals surface area contributed by atoms with E-state index in [-0.39, 0.29) is 12.0 Å². The number of amides is 1. The second-order valence-corrected chi connectivity index (χ2v) is 4.12. The molecule has 1 amide bonds. The van der Waals surface area contributed by atoms with Crippen LogP contribution in [0.1, 0.15) is 22.8 Å². The summed E-state index contributed by atoms with van der Waals surface area (Å²) in [6.07, 6.45) is 1.18. The predicted octanol–water partition coefficient (Wildman–Crippen LogP) is 1.72. The lowest BCUT2D eigenvalue weighted by molar-refractivity contribution is -0.0192. The molecule has 16 heavy (non-hydrogen) atoms. The summed E-state index contributed by atoms with van der Waals surface area (Å²) in [4.78, 5) is 13.8. The highest BCUT2D eigenvalue weighted by Crippen LogP contribution is 2.16. The zero-order valence-electron chi connectivity index (χ0n) is 9.77. The Morgan fingerprint density at radius 3 is 2.88 bits per heavy atom. The number of carbonyl (C=O) groups is 1. The lowest BCUT2D eigenvalue weighted by atomic mass is 10.1. The van der Waals surface area contributed by atoms with Gasteiger partial charge in [-0.05, 0) is 24.1 Å². The molecule has 3 heteroatoms. The number of ether oxygens (including phenoxy) is 1. The van der Waals surface area contributed by atoms with Gasteiger partial charge < -0.3 is 9.64 Å². The molecule has 0 aliphatic carbocycles. The van der Waals surface area contributed by atoms with E-state index in [1.165, 1.54) is 5.56 Å². The lowest BCUT2D eigenvalue weighted by Gasteiger charge is -2.38. The van der Waals surface area contributed by atoms with E-state index in [1.807, 2.05) is 29.2 Å². The Labute approximate surface area is 96.0 Å². The molecule has 2 rings (SSSR count). The maximum atomic E-state index is 12.0. The summed E-state index contributed by atoms with van der Waals surface area (Å²) in [5, 5.41) is 0. The highest BCUT2D eigenvalue weighted by atomic mass is 16.5. The van der Waals surface area contributed by atoms with Crippen molar-refractivity contribution in [2.75, 3.05) is 20.2 Å². The lowest BCUT2D eigenvalue weighted by Crippen LogP contribution is -2.54. The van der Waals surface area contributed by atoms with Crippen LogP contribution in [-0.2, 0) is 11.2 Å². The van der Waals surface area contributed by atoms with Gasteiger partial charge in [-0.25, -0.2) is 0 Å². The first-order chi connectivity index (χ1) is 7.74. The van der Waals surface area contributed by atoms with Crippen molar-refractivity contribution >= 4 is 5.91 Å². The molecule has 86 valence electrons. The SMILES string of the molecule is CCc1cccc(C(=O)N2CC(OC)C2)c1. The number of benzene rings is 1. The zero-order valence-corrected chi connectivity index (χ0v) is 9.77. The van der Waals surface area contributed by atoms with Crippen LogP contribution < -0.4 is 0 Å². The highest BCUT2D eigenvalue weighted by Gasteiger charge is 2.30. The molecule has 0 bridgehead atoms. The number of nitrogens with zero attached hydrogens (tertiary/aromatic N) is 1.